The van der Waals surface area contributed by atoms with E-state index >= 15 is 0 Å². The highest BCUT2D eigenvalue weighted by Crippen LogP contribution is 2.06. The Labute approximate surface area is 71.2 Å². The number of hydrogen-bond acceptors (Lipinski definition) is 1. The Kier molecular flexibility index (Phi) is 9.05. The molecule has 0 bridgehead atoms. The molecule has 0 heterocycles. The summed E-state index contributed by atoms with van der Waals surface area (Å²) in [4.78, 5) is 0. The summed E-state index contributed by atoms with van der Waals surface area (Å²) in [7, 11) is 0. The maximum Gasteiger partial charge on any atom is 0.0181 e. The number of benzene rings is 1. The van der Waals surface area contributed by atoms with E-state index < -0.39 is 0 Å². The highest BCUT2D eigenvalue weighted by molar-refractivity contribution is 7.97. The Balaban J connectivity index is 0. The molecule has 1 aromatic carbocycles. The lowest BCUT2D eigenvalue weighted by atomic mass is 10.2. The van der Waals surface area contributed by atoms with Crippen molar-refractivity contribution in [2.45, 2.75) is 5.75 Å². The first-order valence-electron chi connectivity index (χ1n) is 2.96. The number of rotatable bonds is 2. The monoisotopic (exact) mass is 174 g/mol. The van der Waals surface area contributed by atoms with E-state index in [1.165, 1.54) is 5.56 Å². The molecule has 64 valence electrons. The lowest BCUT2D eigenvalue weighted by Crippen LogP contribution is -1.74. The molecule has 0 amide bonds. The minimum absolute atomic E-state index is 0. The van der Waals surface area contributed by atoms with Crippen molar-refractivity contribution in [3.8, 4) is 0 Å². The van der Waals surface area contributed by atoms with Crippen LogP contribution in [0.15, 0.2) is 30.3 Å². The molecule has 0 saturated carbocycles. The van der Waals surface area contributed by atoms with E-state index in [9.17, 15) is 0 Å². The fourth-order valence-corrected chi connectivity index (χ4v) is 1.27. The Morgan fingerprint density at radius 1 is 1.09 bits per heavy atom. The van der Waals surface area contributed by atoms with Crippen molar-refractivity contribution in [2.75, 3.05) is 6.26 Å². The summed E-state index contributed by atoms with van der Waals surface area (Å²) >= 11 is 1.85. The molecule has 2 nitrogen and oxygen atoms in total. The van der Waals surface area contributed by atoms with Crippen molar-refractivity contribution in [1.29, 1.82) is 0 Å². The molecular formula is C8H14O2S. The highest BCUT2D eigenvalue weighted by atomic mass is 32.2. The number of hydrogen-bond donors (Lipinski definition) is 0. The first-order chi connectivity index (χ1) is 4.43. The fraction of sp³-hybridized carbons (Fsp3) is 0.250. The Morgan fingerprint density at radius 2 is 1.64 bits per heavy atom. The average molecular weight is 174 g/mol. The van der Waals surface area contributed by atoms with Gasteiger partial charge >= 0.3 is 0 Å². The molecule has 0 fully saturated rings. The molecule has 11 heavy (non-hydrogen) atoms. The van der Waals surface area contributed by atoms with E-state index in [1.807, 2.05) is 17.8 Å². The van der Waals surface area contributed by atoms with Crippen LogP contribution in [0.2, 0.25) is 0 Å². The minimum Gasteiger partial charge on any atom is -0.412 e. The van der Waals surface area contributed by atoms with Gasteiger partial charge in [-0.25, -0.2) is 0 Å². The summed E-state index contributed by atoms with van der Waals surface area (Å²) < 4.78 is 0. The average Bonchev–Trinajstić information content (AvgIpc) is 1.91. The van der Waals surface area contributed by atoms with Crippen LogP contribution in [-0.2, 0) is 5.75 Å². The summed E-state index contributed by atoms with van der Waals surface area (Å²) in [6.45, 7) is 0. The molecule has 0 spiro atoms. The molecular weight excluding hydrogens is 160 g/mol. The van der Waals surface area contributed by atoms with Gasteiger partial charge in [-0.05, 0) is 11.8 Å². The van der Waals surface area contributed by atoms with E-state index in [2.05, 4.69) is 30.5 Å². The normalized spacial score (nSPS) is 7.73. The van der Waals surface area contributed by atoms with Crippen LogP contribution < -0.4 is 0 Å². The summed E-state index contributed by atoms with van der Waals surface area (Å²) in [5.74, 6) is 1.13. The van der Waals surface area contributed by atoms with Gasteiger partial charge in [0.15, 0.2) is 0 Å². The highest BCUT2D eigenvalue weighted by Gasteiger charge is 1.84. The maximum absolute atomic E-state index is 2.15. The van der Waals surface area contributed by atoms with Gasteiger partial charge in [0.05, 0.1) is 0 Å². The molecule has 0 atom stereocenters. The van der Waals surface area contributed by atoms with Crippen LogP contribution in [0, 0.1) is 0 Å². The van der Waals surface area contributed by atoms with E-state index in [0.29, 0.717) is 0 Å². The Bertz CT molecular complexity index is 165. The summed E-state index contributed by atoms with van der Waals surface area (Å²) in [6, 6.07) is 10.5. The molecule has 0 saturated heterocycles. The summed E-state index contributed by atoms with van der Waals surface area (Å²) in [5.41, 5.74) is 1.41. The van der Waals surface area contributed by atoms with Crippen molar-refractivity contribution in [2.24, 2.45) is 0 Å². The van der Waals surface area contributed by atoms with Crippen molar-refractivity contribution < 1.29 is 11.0 Å². The van der Waals surface area contributed by atoms with Crippen LogP contribution in [0.4, 0.5) is 0 Å². The largest absolute Gasteiger partial charge is 0.412 e. The zero-order chi connectivity index (χ0) is 6.53. The van der Waals surface area contributed by atoms with Gasteiger partial charge in [0.2, 0.25) is 0 Å². The Morgan fingerprint density at radius 3 is 2.09 bits per heavy atom. The van der Waals surface area contributed by atoms with Crippen LogP contribution >= 0.6 is 11.8 Å². The minimum atomic E-state index is 0. The molecule has 0 unspecified atom stereocenters. The maximum atomic E-state index is 2.15. The SMILES string of the molecule is CSCc1ccccc1.O.O. The van der Waals surface area contributed by atoms with Crippen molar-refractivity contribution in [3.63, 3.8) is 0 Å². The van der Waals surface area contributed by atoms with Crippen LogP contribution in [-0.4, -0.2) is 17.2 Å². The second kappa shape index (κ2) is 7.60. The summed E-state index contributed by atoms with van der Waals surface area (Å²) in [6.07, 6.45) is 2.12. The molecule has 0 aliphatic carbocycles. The van der Waals surface area contributed by atoms with Crippen molar-refractivity contribution >= 4 is 11.8 Å². The van der Waals surface area contributed by atoms with E-state index in [4.69, 9.17) is 0 Å². The van der Waals surface area contributed by atoms with E-state index in [-0.39, 0.29) is 11.0 Å². The van der Waals surface area contributed by atoms with E-state index in [0.717, 1.165) is 5.75 Å². The predicted octanol–water partition coefficient (Wildman–Crippen LogP) is 0.900. The lowest BCUT2D eigenvalue weighted by molar-refractivity contribution is 0.823. The van der Waals surface area contributed by atoms with Gasteiger partial charge in [0.25, 0.3) is 0 Å². The van der Waals surface area contributed by atoms with Crippen LogP contribution in [0.3, 0.4) is 0 Å². The van der Waals surface area contributed by atoms with Crippen LogP contribution in [0.5, 0.6) is 0 Å². The molecule has 0 aliphatic heterocycles. The predicted molar refractivity (Wildman–Crippen MR) is 50.9 cm³/mol. The van der Waals surface area contributed by atoms with Crippen molar-refractivity contribution in [1.82, 2.24) is 0 Å². The standard InChI is InChI=1S/C8H10S.2H2O/c1-9-7-8-5-3-2-4-6-8;;/h2-6H,7H2,1H3;2*1H2. The smallest absolute Gasteiger partial charge is 0.0181 e. The molecule has 0 aliphatic rings. The first-order valence-corrected chi connectivity index (χ1v) is 4.36. The second-order valence-corrected chi connectivity index (χ2v) is 2.78. The summed E-state index contributed by atoms with van der Waals surface area (Å²) in [5, 5.41) is 0. The van der Waals surface area contributed by atoms with Gasteiger partial charge in [0, 0.05) is 5.75 Å². The van der Waals surface area contributed by atoms with Crippen LogP contribution in [0.1, 0.15) is 5.56 Å². The third-order valence-corrected chi connectivity index (χ3v) is 1.78. The third-order valence-electron chi connectivity index (χ3n) is 1.15. The van der Waals surface area contributed by atoms with Gasteiger partial charge in [-0.1, -0.05) is 30.3 Å². The Hall–Kier alpha value is -0.510. The van der Waals surface area contributed by atoms with Gasteiger partial charge in [-0.2, -0.15) is 11.8 Å². The molecule has 1 aromatic rings. The molecule has 0 radical (unpaired) electrons. The topological polar surface area (TPSA) is 63.0 Å². The third kappa shape index (κ3) is 4.84. The first kappa shape index (κ1) is 13.1. The second-order valence-electron chi connectivity index (χ2n) is 1.92. The molecule has 1 rings (SSSR count). The molecule has 0 aromatic heterocycles. The van der Waals surface area contributed by atoms with Gasteiger partial charge in [-0.3, -0.25) is 0 Å². The molecule has 4 N–H and O–H groups in total. The molecule has 3 heteroatoms. The lowest BCUT2D eigenvalue weighted by Gasteiger charge is -1.93. The fourth-order valence-electron chi connectivity index (χ4n) is 0.741. The zero-order valence-corrected chi connectivity index (χ0v) is 7.32. The van der Waals surface area contributed by atoms with Gasteiger partial charge in [-0.15, -0.1) is 0 Å². The van der Waals surface area contributed by atoms with Crippen molar-refractivity contribution in [3.05, 3.63) is 35.9 Å². The van der Waals surface area contributed by atoms with Crippen LogP contribution in [0.25, 0.3) is 0 Å². The number of thioether (sulfide) groups is 1. The zero-order valence-electron chi connectivity index (χ0n) is 6.50. The van der Waals surface area contributed by atoms with Gasteiger partial charge in [0.1, 0.15) is 0 Å². The quantitative estimate of drug-likeness (QED) is 0.657. The van der Waals surface area contributed by atoms with E-state index in [1.54, 1.807) is 0 Å². The van der Waals surface area contributed by atoms with Gasteiger partial charge < -0.3 is 11.0 Å².